The van der Waals surface area contributed by atoms with Crippen LogP contribution in [-0.4, -0.2) is 73.5 Å². The highest BCUT2D eigenvalue weighted by molar-refractivity contribution is 6.30. The van der Waals surface area contributed by atoms with E-state index in [1.165, 1.54) is 29.5 Å². The smallest absolute Gasteiger partial charge is 0.253 e. The van der Waals surface area contributed by atoms with E-state index < -0.39 is 0 Å². The molecular formula is C27H36ClN3O2. The van der Waals surface area contributed by atoms with Gasteiger partial charge in [-0.1, -0.05) is 17.7 Å². The molecule has 1 unspecified atom stereocenters. The number of rotatable bonds is 6. The lowest BCUT2D eigenvalue weighted by Gasteiger charge is -2.48. The molecule has 33 heavy (non-hydrogen) atoms. The number of amides is 1. The number of fused-ring (bicyclic) bond motifs is 1. The van der Waals surface area contributed by atoms with Crippen molar-refractivity contribution in [2.75, 3.05) is 46.9 Å². The van der Waals surface area contributed by atoms with Crippen molar-refractivity contribution in [2.45, 2.75) is 45.2 Å². The van der Waals surface area contributed by atoms with E-state index in [1.807, 2.05) is 17.0 Å². The third kappa shape index (κ3) is 5.37. The molecule has 0 saturated carbocycles. The summed E-state index contributed by atoms with van der Waals surface area (Å²) in [7, 11) is 4.12. The Labute approximate surface area is 203 Å². The zero-order valence-electron chi connectivity index (χ0n) is 20.3. The van der Waals surface area contributed by atoms with Crippen LogP contribution in [0.5, 0.6) is 5.75 Å². The summed E-state index contributed by atoms with van der Waals surface area (Å²) in [6.07, 6.45) is 3.50. The Morgan fingerprint density at radius 1 is 1.06 bits per heavy atom. The molecule has 2 aromatic carbocycles. The summed E-state index contributed by atoms with van der Waals surface area (Å²) in [4.78, 5) is 19.8. The number of nitrogens with zero attached hydrogens (tertiary/aromatic N) is 3. The van der Waals surface area contributed by atoms with Crippen molar-refractivity contribution >= 4 is 17.5 Å². The van der Waals surface area contributed by atoms with Gasteiger partial charge >= 0.3 is 0 Å². The average molecular weight is 470 g/mol. The summed E-state index contributed by atoms with van der Waals surface area (Å²) in [5.41, 5.74) is 4.71. The summed E-state index contributed by atoms with van der Waals surface area (Å²) in [6.45, 7) is 8.47. The normalized spacial score (nSPS) is 21.2. The number of hydrogen-bond donors (Lipinski definition) is 0. The van der Waals surface area contributed by atoms with Crippen molar-refractivity contribution in [3.8, 4) is 5.75 Å². The molecule has 2 atom stereocenters. The first-order valence-corrected chi connectivity index (χ1v) is 12.4. The molecule has 1 amide bonds. The fourth-order valence-electron chi connectivity index (χ4n) is 5.22. The highest BCUT2D eigenvalue weighted by Gasteiger charge is 2.37. The summed E-state index contributed by atoms with van der Waals surface area (Å²) in [6, 6.07) is 12.5. The van der Waals surface area contributed by atoms with Crippen molar-refractivity contribution in [1.29, 1.82) is 0 Å². The maximum atomic E-state index is 13.0. The summed E-state index contributed by atoms with van der Waals surface area (Å²) >= 11 is 6.00. The molecule has 0 bridgehead atoms. The largest absolute Gasteiger partial charge is 0.492 e. The van der Waals surface area contributed by atoms with E-state index >= 15 is 0 Å². The lowest BCUT2D eigenvalue weighted by atomic mass is 9.86. The van der Waals surface area contributed by atoms with E-state index in [0.29, 0.717) is 23.7 Å². The number of ether oxygens (including phenoxy) is 1. The Balaban J connectivity index is 1.46. The first kappa shape index (κ1) is 24.1. The van der Waals surface area contributed by atoms with Crippen LogP contribution < -0.4 is 4.74 Å². The second-order valence-corrected chi connectivity index (χ2v) is 10.1. The minimum absolute atomic E-state index is 0.111. The van der Waals surface area contributed by atoms with Crippen LogP contribution in [0.2, 0.25) is 5.02 Å². The molecule has 2 aliphatic rings. The summed E-state index contributed by atoms with van der Waals surface area (Å²) in [5.74, 6) is 1.10. The maximum Gasteiger partial charge on any atom is 0.253 e. The highest BCUT2D eigenvalue weighted by Crippen LogP contribution is 2.39. The van der Waals surface area contributed by atoms with Crippen molar-refractivity contribution in [3.05, 3.63) is 63.7 Å². The van der Waals surface area contributed by atoms with Crippen molar-refractivity contribution in [2.24, 2.45) is 0 Å². The molecule has 6 heteroatoms. The zero-order chi connectivity index (χ0) is 23.5. The second-order valence-electron chi connectivity index (χ2n) is 9.65. The lowest BCUT2D eigenvalue weighted by molar-refractivity contribution is 0.0101. The first-order valence-electron chi connectivity index (χ1n) is 12.0. The quantitative estimate of drug-likeness (QED) is 0.599. The van der Waals surface area contributed by atoms with Gasteiger partial charge in [0.2, 0.25) is 0 Å². The van der Waals surface area contributed by atoms with Crippen LogP contribution in [0.3, 0.4) is 0 Å². The minimum atomic E-state index is 0.111. The van der Waals surface area contributed by atoms with Gasteiger partial charge in [0.25, 0.3) is 5.91 Å². The molecule has 2 heterocycles. The third-order valence-electron chi connectivity index (χ3n) is 7.26. The van der Waals surface area contributed by atoms with Gasteiger partial charge in [0.1, 0.15) is 12.4 Å². The maximum absolute atomic E-state index is 13.0. The molecule has 178 valence electrons. The predicted molar refractivity (Wildman–Crippen MR) is 134 cm³/mol. The first-order chi connectivity index (χ1) is 15.8. The van der Waals surface area contributed by atoms with Gasteiger partial charge in [-0.05, 0) is 94.2 Å². The zero-order valence-corrected chi connectivity index (χ0v) is 21.1. The standard InChI is InChI=1S/C27H36ClN3O2/c1-19-20(2)26(33-17-16-29(3)4)13-12-24(19)25-7-5-6-23-18-30(14-15-31(23)25)27(32)21-8-10-22(28)11-9-21/h8-13,23,25H,5-7,14-18H2,1-4H3/t23-,25?/m0/s1. The number of benzene rings is 2. The minimum Gasteiger partial charge on any atom is -0.492 e. The molecule has 4 rings (SSSR count). The fourth-order valence-corrected chi connectivity index (χ4v) is 5.34. The number of piperidine rings is 1. The SMILES string of the molecule is Cc1c(OCCN(C)C)ccc(C2CCC[C@H]3CN(C(=O)c4ccc(Cl)cc4)CCN23)c1C. The van der Waals surface area contributed by atoms with Gasteiger partial charge in [0.15, 0.2) is 0 Å². The van der Waals surface area contributed by atoms with E-state index in [9.17, 15) is 4.79 Å². The molecule has 0 aromatic heterocycles. The number of carbonyl (C=O) groups excluding carboxylic acids is 1. The second kappa shape index (κ2) is 10.5. The summed E-state index contributed by atoms with van der Waals surface area (Å²) < 4.78 is 6.06. The van der Waals surface area contributed by atoms with E-state index in [1.54, 1.807) is 12.1 Å². The van der Waals surface area contributed by atoms with Gasteiger partial charge in [-0.15, -0.1) is 0 Å². The van der Waals surface area contributed by atoms with Gasteiger partial charge in [-0.2, -0.15) is 0 Å². The van der Waals surface area contributed by atoms with Gasteiger partial charge in [0, 0.05) is 48.8 Å². The Kier molecular flexibility index (Phi) is 7.62. The molecule has 2 fully saturated rings. The van der Waals surface area contributed by atoms with Crippen LogP contribution in [0.15, 0.2) is 36.4 Å². The third-order valence-corrected chi connectivity index (χ3v) is 7.51. The average Bonchev–Trinajstić information content (AvgIpc) is 2.81. The highest BCUT2D eigenvalue weighted by atomic mass is 35.5. The van der Waals surface area contributed by atoms with Crippen LogP contribution in [-0.2, 0) is 0 Å². The van der Waals surface area contributed by atoms with Crippen LogP contribution in [0, 0.1) is 13.8 Å². The molecular weight excluding hydrogens is 434 g/mol. The molecule has 2 aliphatic heterocycles. The van der Waals surface area contributed by atoms with E-state index in [2.05, 4.69) is 49.9 Å². The fraction of sp³-hybridized carbons (Fsp3) is 0.519. The molecule has 5 nitrogen and oxygen atoms in total. The predicted octanol–water partition coefficient (Wildman–Crippen LogP) is 4.95. The monoisotopic (exact) mass is 469 g/mol. The Hall–Kier alpha value is -2.08. The molecule has 0 spiro atoms. The topological polar surface area (TPSA) is 36.0 Å². The molecule has 0 N–H and O–H groups in total. The van der Waals surface area contributed by atoms with Gasteiger partial charge < -0.3 is 14.5 Å². The lowest BCUT2D eigenvalue weighted by Crippen LogP contribution is -2.57. The molecule has 2 saturated heterocycles. The van der Waals surface area contributed by atoms with Crippen LogP contribution >= 0.6 is 11.6 Å². The van der Waals surface area contributed by atoms with Gasteiger partial charge in [0.05, 0.1) is 0 Å². The number of halogens is 1. The Morgan fingerprint density at radius 2 is 1.82 bits per heavy atom. The number of piperazine rings is 1. The van der Waals surface area contributed by atoms with Gasteiger partial charge in [-0.25, -0.2) is 0 Å². The number of likely N-dealkylation sites (N-methyl/N-ethyl adjacent to an activating group) is 1. The number of hydrogen-bond acceptors (Lipinski definition) is 4. The van der Waals surface area contributed by atoms with Crippen molar-refractivity contribution in [1.82, 2.24) is 14.7 Å². The summed E-state index contributed by atoms with van der Waals surface area (Å²) in [5, 5.41) is 0.659. The van der Waals surface area contributed by atoms with E-state index in [0.717, 1.165) is 43.9 Å². The van der Waals surface area contributed by atoms with E-state index in [4.69, 9.17) is 16.3 Å². The van der Waals surface area contributed by atoms with Crippen LogP contribution in [0.1, 0.15) is 52.4 Å². The molecule has 0 aliphatic carbocycles. The van der Waals surface area contributed by atoms with Crippen LogP contribution in [0.25, 0.3) is 0 Å². The van der Waals surface area contributed by atoms with E-state index in [-0.39, 0.29) is 5.91 Å². The molecule has 0 radical (unpaired) electrons. The van der Waals surface area contributed by atoms with Crippen molar-refractivity contribution < 1.29 is 9.53 Å². The Bertz CT molecular complexity index is 976. The van der Waals surface area contributed by atoms with Crippen LogP contribution in [0.4, 0.5) is 0 Å². The van der Waals surface area contributed by atoms with Crippen molar-refractivity contribution in [3.63, 3.8) is 0 Å². The number of carbonyl (C=O) groups is 1. The Morgan fingerprint density at radius 3 is 2.55 bits per heavy atom. The molecule has 2 aromatic rings. The van der Waals surface area contributed by atoms with Gasteiger partial charge in [-0.3, -0.25) is 9.69 Å².